The van der Waals surface area contributed by atoms with E-state index < -0.39 is 0 Å². The van der Waals surface area contributed by atoms with E-state index in [1.165, 1.54) is 29.0 Å². The summed E-state index contributed by atoms with van der Waals surface area (Å²) in [6.07, 6.45) is 3.42. The number of benzene rings is 1. The number of hydrogen-bond acceptors (Lipinski definition) is 5. The fourth-order valence-corrected chi connectivity index (χ4v) is 4.41. The monoisotopic (exact) mass is 397 g/mol. The average molecular weight is 398 g/mol. The number of hydrogen-bond donors (Lipinski definition) is 2. The number of H-pyrrole nitrogens is 1. The van der Waals surface area contributed by atoms with E-state index >= 15 is 0 Å². The summed E-state index contributed by atoms with van der Waals surface area (Å²) in [6, 6.07) is 5.77. The van der Waals surface area contributed by atoms with Crippen LogP contribution in [0.25, 0.3) is 10.9 Å². The van der Waals surface area contributed by atoms with Crippen molar-refractivity contribution in [1.82, 2.24) is 9.97 Å². The van der Waals surface area contributed by atoms with Crippen molar-refractivity contribution in [2.75, 3.05) is 11.9 Å². The highest BCUT2D eigenvalue weighted by Gasteiger charge is 2.21. The Bertz CT molecular complexity index is 1040. The average Bonchev–Trinajstić information content (AvgIpc) is 3.25. The van der Waals surface area contributed by atoms with E-state index in [4.69, 9.17) is 4.74 Å². The lowest BCUT2D eigenvalue weighted by molar-refractivity contribution is -0.142. The molecule has 1 amide bonds. The fourth-order valence-electron chi connectivity index (χ4n) is 3.71. The molecule has 28 heavy (non-hydrogen) atoms. The SMILES string of the molecule is CCOC(=O)Cc1csc(NC(=O)c2ccc3[nH]c4c(c3c2)C[C@@H](C)CC4)n1. The summed E-state index contributed by atoms with van der Waals surface area (Å²) in [7, 11) is 0. The molecule has 0 aliphatic heterocycles. The summed E-state index contributed by atoms with van der Waals surface area (Å²) in [5.41, 5.74) is 4.93. The Morgan fingerprint density at radius 3 is 3.07 bits per heavy atom. The number of aryl methyl sites for hydroxylation is 1. The largest absolute Gasteiger partial charge is 0.466 e. The van der Waals surface area contributed by atoms with Crippen molar-refractivity contribution in [1.29, 1.82) is 0 Å². The molecule has 2 N–H and O–H groups in total. The quantitative estimate of drug-likeness (QED) is 0.635. The van der Waals surface area contributed by atoms with Crippen molar-refractivity contribution in [3.8, 4) is 0 Å². The molecule has 0 radical (unpaired) electrons. The van der Waals surface area contributed by atoms with Crippen molar-refractivity contribution in [2.24, 2.45) is 5.92 Å². The van der Waals surface area contributed by atoms with E-state index in [0.29, 0.717) is 28.9 Å². The predicted molar refractivity (Wildman–Crippen MR) is 110 cm³/mol. The van der Waals surface area contributed by atoms with Gasteiger partial charge < -0.3 is 9.72 Å². The topological polar surface area (TPSA) is 84.1 Å². The van der Waals surface area contributed by atoms with Gasteiger partial charge in [-0.15, -0.1) is 11.3 Å². The highest BCUT2D eigenvalue weighted by atomic mass is 32.1. The molecule has 0 saturated carbocycles. The zero-order valence-corrected chi connectivity index (χ0v) is 16.8. The molecule has 2 heterocycles. The number of amides is 1. The number of nitrogens with one attached hydrogen (secondary N) is 2. The molecule has 0 bridgehead atoms. The normalized spacial score (nSPS) is 16.0. The van der Waals surface area contributed by atoms with Crippen LogP contribution in [0.3, 0.4) is 0 Å². The standard InChI is InChI=1S/C21H23N3O3S/c1-3-27-19(25)10-14-11-28-21(22-14)24-20(26)13-5-7-18-16(9-13)15-8-12(2)4-6-17(15)23-18/h5,7,9,11-12,23H,3-4,6,8,10H2,1-2H3,(H,22,24,26)/t12-/m0/s1. The second-order valence-corrected chi connectivity index (χ2v) is 8.13. The van der Waals surface area contributed by atoms with Gasteiger partial charge in [-0.05, 0) is 55.9 Å². The van der Waals surface area contributed by atoms with Gasteiger partial charge in [0.1, 0.15) is 0 Å². The van der Waals surface area contributed by atoms with Crippen LogP contribution >= 0.6 is 11.3 Å². The molecule has 146 valence electrons. The lowest BCUT2D eigenvalue weighted by Crippen LogP contribution is -2.12. The molecule has 0 fully saturated rings. The van der Waals surface area contributed by atoms with Crippen molar-refractivity contribution >= 4 is 39.2 Å². The molecule has 1 aliphatic carbocycles. The molecule has 4 rings (SSSR count). The van der Waals surface area contributed by atoms with E-state index in [2.05, 4.69) is 22.2 Å². The maximum absolute atomic E-state index is 12.7. The minimum absolute atomic E-state index is 0.111. The number of thiazole rings is 1. The smallest absolute Gasteiger partial charge is 0.311 e. The van der Waals surface area contributed by atoms with E-state index in [0.717, 1.165) is 23.7 Å². The number of nitrogens with zero attached hydrogens (tertiary/aromatic N) is 1. The lowest BCUT2D eigenvalue weighted by Gasteiger charge is -2.18. The van der Waals surface area contributed by atoms with Gasteiger partial charge in [0.05, 0.1) is 18.7 Å². The molecule has 0 unspecified atom stereocenters. The number of rotatable bonds is 5. The third kappa shape index (κ3) is 3.80. The second kappa shape index (κ2) is 7.75. The van der Waals surface area contributed by atoms with Gasteiger partial charge in [0, 0.05) is 27.5 Å². The number of carbonyl (C=O) groups excluding carboxylic acids is 2. The van der Waals surface area contributed by atoms with Gasteiger partial charge in [-0.3, -0.25) is 14.9 Å². The van der Waals surface area contributed by atoms with Crippen molar-refractivity contribution in [3.63, 3.8) is 0 Å². The summed E-state index contributed by atoms with van der Waals surface area (Å²) < 4.78 is 4.93. The molecule has 1 aromatic carbocycles. The Balaban J connectivity index is 1.51. The highest BCUT2D eigenvalue weighted by molar-refractivity contribution is 7.14. The summed E-state index contributed by atoms with van der Waals surface area (Å²) in [6.45, 7) is 4.38. The predicted octanol–water partition coefficient (Wildman–Crippen LogP) is 4.11. The van der Waals surface area contributed by atoms with Crippen molar-refractivity contribution < 1.29 is 14.3 Å². The van der Waals surface area contributed by atoms with Gasteiger partial charge in [-0.1, -0.05) is 6.92 Å². The lowest BCUT2D eigenvalue weighted by atomic mass is 9.87. The molecule has 7 heteroatoms. The maximum atomic E-state index is 12.7. The van der Waals surface area contributed by atoms with Gasteiger partial charge in [0.15, 0.2) is 5.13 Å². The van der Waals surface area contributed by atoms with E-state index in [1.807, 2.05) is 18.2 Å². The Kier molecular flexibility index (Phi) is 5.17. The summed E-state index contributed by atoms with van der Waals surface area (Å²) in [5.74, 6) is 0.150. The zero-order chi connectivity index (χ0) is 19.7. The molecule has 0 spiro atoms. The minimum Gasteiger partial charge on any atom is -0.466 e. The van der Waals surface area contributed by atoms with Crippen LogP contribution in [-0.4, -0.2) is 28.5 Å². The van der Waals surface area contributed by atoms with Crippen LogP contribution in [-0.2, 0) is 28.8 Å². The Hall–Kier alpha value is -2.67. The number of anilines is 1. The van der Waals surface area contributed by atoms with Gasteiger partial charge in [0.2, 0.25) is 0 Å². The number of fused-ring (bicyclic) bond motifs is 3. The highest BCUT2D eigenvalue weighted by Crippen LogP contribution is 2.32. The molecule has 1 atom stereocenters. The van der Waals surface area contributed by atoms with E-state index in [-0.39, 0.29) is 18.3 Å². The van der Waals surface area contributed by atoms with Crippen molar-refractivity contribution in [3.05, 3.63) is 46.1 Å². The third-order valence-electron chi connectivity index (χ3n) is 5.10. The maximum Gasteiger partial charge on any atom is 0.311 e. The first-order chi connectivity index (χ1) is 13.5. The van der Waals surface area contributed by atoms with Crippen LogP contribution in [0.2, 0.25) is 0 Å². The van der Waals surface area contributed by atoms with E-state index in [1.54, 1.807) is 12.3 Å². The number of esters is 1. The van der Waals surface area contributed by atoms with Crippen LogP contribution < -0.4 is 5.32 Å². The summed E-state index contributed by atoms with van der Waals surface area (Å²) in [5, 5.41) is 6.22. The van der Waals surface area contributed by atoms with Crippen molar-refractivity contribution in [2.45, 2.75) is 39.5 Å². The van der Waals surface area contributed by atoms with Crippen LogP contribution in [0.1, 0.15) is 47.6 Å². The Morgan fingerprint density at radius 1 is 1.39 bits per heavy atom. The second-order valence-electron chi connectivity index (χ2n) is 7.27. The first-order valence-electron chi connectivity index (χ1n) is 9.58. The minimum atomic E-state index is -0.317. The molecule has 0 saturated heterocycles. The van der Waals surface area contributed by atoms with E-state index in [9.17, 15) is 9.59 Å². The van der Waals surface area contributed by atoms with Crippen LogP contribution in [0, 0.1) is 5.92 Å². The van der Waals surface area contributed by atoms with Gasteiger partial charge in [0.25, 0.3) is 5.91 Å². The van der Waals surface area contributed by atoms with Crippen LogP contribution in [0.4, 0.5) is 5.13 Å². The first-order valence-corrected chi connectivity index (χ1v) is 10.5. The van der Waals surface area contributed by atoms with Gasteiger partial charge in [-0.2, -0.15) is 0 Å². The molecule has 1 aliphatic rings. The summed E-state index contributed by atoms with van der Waals surface area (Å²) >= 11 is 1.30. The summed E-state index contributed by atoms with van der Waals surface area (Å²) in [4.78, 5) is 32.1. The molecular formula is C21H23N3O3S. The Labute approximate surface area is 167 Å². The molecule has 3 aromatic rings. The van der Waals surface area contributed by atoms with Crippen LogP contribution in [0.15, 0.2) is 23.6 Å². The zero-order valence-electron chi connectivity index (χ0n) is 16.0. The molecule has 6 nitrogen and oxygen atoms in total. The molecule has 2 aromatic heterocycles. The van der Waals surface area contributed by atoms with Gasteiger partial charge in [-0.25, -0.2) is 4.98 Å². The number of carbonyl (C=O) groups is 2. The van der Waals surface area contributed by atoms with Gasteiger partial charge >= 0.3 is 5.97 Å². The first kappa shape index (κ1) is 18.7. The number of ether oxygens (including phenoxy) is 1. The fraction of sp³-hybridized carbons (Fsp3) is 0.381. The Morgan fingerprint density at radius 2 is 2.25 bits per heavy atom. The third-order valence-corrected chi connectivity index (χ3v) is 5.91. The molecular weight excluding hydrogens is 374 g/mol. The number of aromatic nitrogens is 2. The van der Waals surface area contributed by atoms with Crippen LogP contribution in [0.5, 0.6) is 0 Å². The number of aromatic amines is 1.